The zero-order valence-electron chi connectivity index (χ0n) is 17.2. The van der Waals surface area contributed by atoms with Crippen LogP contribution in [0.15, 0.2) is 41.3 Å². The molecule has 2 bridgehead atoms. The number of anilines is 1. The van der Waals surface area contributed by atoms with E-state index in [1.54, 1.807) is 19.1 Å². The Kier molecular flexibility index (Phi) is 5.15. The second-order valence-corrected chi connectivity index (χ2v) is 10.3. The maximum Gasteiger partial charge on any atom is 0.262 e. The summed E-state index contributed by atoms with van der Waals surface area (Å²) in [4.78, 5) is 12.9. The molecule has 0 unspecified atom stereocenters. The van der Waals surface area contributed by atoms with Crippen LogP contribution in [0.3, 0.4) is 0 Å². The molecule has 4 rings (SSSR count). The molecule has 0 heterocycles. The summed E-state index contributed by atoms with van der Waals surface area (Å²) in [6, 6.07) is 10.8. The van der Waals surface area contributed by atoms with Crippen LogP contribution in [0.1, 0.15) is 52.7 Å². The Balaban J connectivity index is 1.57. The second-order valence-electron chi connectivity index (χ2n) is 8.66. The third kappa shape index (κ3) is 4.04. The zero-order chi connectivity index (χ0) is 20.8. The first-order valence-corrected chi connectivity index (χ1v) is 11.7. The molecule has 0 aliphatic heterocycles. The molecule has 2 aromatic carbocycles. The average molecular weight is 413 g/mol. The summed E-state index contributed by atoms with van der Waals surface area (Å²) in [5.41, 5.74) is 3.38. The number of amides is 1. The molecule has 2 aliphatic carbocycles. The minimum atomic E-state index is -3.80. The van der Waals surface area contributed by atoms with Gasteiger partial charge in [-0.25, -0.2) is 8.42 Å². The van der Waals surface area contributed by atoms with Crippen LogP contribution in [0, 0.1) is 32.6 Å². The van der Waals surface area contributed by atoms with Gasteiger partial charge >= 0.3 is 0 Å². The Morgan fingerprint density at radius 2 is 1.72 bits per heavy atom. The van der Waals surface area contributed by atoms with Crippen molar-refractivity contribution in [2.75, 3.05) is 4.72 Å². The minimum Gasteiger partial charge on any atom is -0.349 e. The Labute approximate surface area is 173 Å². The smallest absolute Gasteiger partial charge is 0.262 e. The van der Waals surface area contributed by atoms with E-state index in [0.717, 1.165) is 23.5 Å². The van der Waals surface area contributed by atoms with Crippen molar-refractivity contribution < 1.29 is 13.2 Å². The van der Waals surface area contributed by atoms with Crippen molar-refractivity contribution in [3.8, 4) is 0 Å². The van der Waals surface area contributed by atoms with Crippen LogP contribution in [0.2, 0.25) is 0 Å². The number of hydrogen-bond acceptors (Lipinski definition) is 3. The van der Waals surface area contributed by atoms with Crippen molar-refractivity contribution in [2.24, 2.45) is 11.8 Å². The molecule has 154 valence electrons. The quantitative estimate of drug-likeness (QED) is 0.767. The largest absolute Gasteiger partial charge is 0.349 e. The predicted molar refractivity (Wildman–Crippen MR) is 115 cm³/mol. The highest BCUT2D eigenvalue weighted by molar-refractivity contribution is 7.92. The highest BCUT2D eigenvalue weighted by atomic mass is 32.2. The molecule has 2 saturated carbocycles. The van der Waals surface area contributed by atoms with Gasteiger partial charge in [0.15, 0.2) is 0 Å². The van der Waals surface area contributed by atoms with Crippen LogP contribution in [0.4, 0.5) is 5.69 Å². The fraction of sp³-hybridized carbons (Fsp3) is 0.435. The SMILES string of the molecule is Cc1ccc(C)c(NS(=O)(=O)c2cc(C(=O)N[C@@H]3C[C@@H]4CC[C@@H]3C4)ccc2C)c1. The molecule has 1 amide bonds. The van der Waals surface area contributed by atoms with E-state index in [4.69, 9.17) is 0 Å². The molecule has 0 spiro atoms. The van der Waals surface area contributed by atoms with Gasteiger partial charge in [0.1, 0.15) is 0 Å². The van der Waals surface area contributed by atoms with Crippen molar-refractivity contribution in [3.05, 3.63) is 58.7 Å². The zero-order valence-corrected chi connectivity index (χ0v) is 18.0. The molecule has 6 heteroatoms. The third-order valence-electron chi connectivity index (χ3n) is 6.43. The molecule has 0 radical (unpaired) electrons. The minimum absolute atomic E-state index is 0.138. The molecule has 0 saturated heterocycles. The van der Waals surface area contributed by atoms with Crippen molar-refractivity contribution in [2.45, 2.75) is 57.4 Å². The summed E-state index contributed by atoms with van der Waals surface area (Å²) in [6.07, 6.45) is 4.71. The Bertz CT molecular complexity index is 1060. The lowest BCUT2D eigenvalue weighted by Crippen LogP contribution is -2.38. The average Bonchev–Trinajstić information content (AvgIpc) is 3.27. The predicted octanol–water partition coefficient (Wildman–Crippen LogP) is 4.33. The second kappa shape index (κ2) is 7.48. The van der Waals surface area contributed by atoms with Gasteiger partial charge in [0, 0.05) is 11.6 Å². The maximum atomic E-state index is 13.1. The van der Waals surface area contributed by atoms with E-state index in [1.807, 2.05) is 32.0 Å². The summed E-state index contributed by atoms with van der Waals surface area (Å²) in [5.74, 6) is 1.12. The van der Waals surface area contributed by atoms with E-state index in [-0.39, 0.29) is 16.8 Å². The highest BCUT2D eigenvalue weighted by Gasteiger charge is 2.40. The first-order chi connectivity index (χ1) is 13.7. The number of benzene rings is 2. The van der Waals surface area contributed by atoms with Crippen molar-refractivity contribution in [1.29, 1.82) is 0 Å². The van der Waals surface area contributed by atoms with Crippen LogP contribution < -0.4 is 10.0 Å². The van der Waals surface area contributed by atoms with Crippen LogP contribution in [-0.2, 0) is 10.0 Å². The lowest BCUT2D eigenvalue weighted by atomic mass is 9.95. The van der Waals surface area contributed by atoms with Crippen LogP contribution in [0.5, 0.6) is 0 Å². The number of nitrogens with one attached hydrogen (secondary N) is 2. The van der Waals surface area contributed by atoms with Gasteiger partial charge in [0.25, 0.3) is 15.9 Å². The van der Waals surface area contributed by atoms with Gasteiger partial charge < -0.3 is 5.32 Å². The molecule has 2 aliphatic rings. The molecule has 5 nitrogen and oxygen atoms in total. The lowest BCUT2D eigenvalue weighted by molar-refractivity contribution is 0.0922. The van der Waals surface area contributed by atoms with E-state index in [2.05, 4.69) is 10.0 Å². The summed E-state index contributed by atoms with van der Waals surface area (Å²) < 4.78 is 28.8. The number of sulfonamides is 1. The van der Waals surface area contributed by atoms with Crippen molar-refractivity contribution in [3.63, 3.8) is 0 Å². The number of carbonyl (C=O) groups is 1. The summed E-state index contributed by atoms with van der Waals surface area (Å²) in [7, 11) is -3.80. The fourth-order valence-corrected chi connectivity index (χ4v) is 6.14. The van der Waals surface area contributed by atoms with Gasteiger partial charge in [-0.2, -0.15) is 0 Å². The molecule has 29 heavy (non-hydrogen) atoms. The summed E-state index contributed by atoms with van der Waals surface area (Å²) in [5, 5.41) is 3.14. The first kappa shape index (κ1) is 20.0. The van der Waals surface area contributed by atoms with E-state index >= 15 is 0 Å². The number of hydrogen-bond donors (Lipinski definition) is 2. The monoisotopic (exact) mass is 412 g/mol. The van der Waals surface area contributed by atoms with Gasteiger partial charge in [-0.3, -0.25) is 9.52 Å². The third-order valence-corrected chi connectivity index (χ3v) is 7.94. The Morgan fingerprint density at radius 3 is 2.41 bits per heavy atom. The fourth-order valence-electron chi connectivity index (χ4n) is 4.75. The van der Waals surface area contributed by atoms with E-state index in [9.17, 15) is 13.2 Å². The number of fused-ring (bicyclic) bond motifs is 2. The molecule has 2 fully saturated rings. The Morgan fingerprint density at radius 1 is 0.966 bits per heavy atom. The topological polar surface area (TPSA) is 75.3 Å². The summed E-state index contributed by atoms with van der Waals surface area (Å²) >= 11 is 0. The first-order valence-electron chi connectivity index (χ1n) is 10.2. The highest BCUT2D eigenvalue weighted by Crippen LogP contribution is 2.44. The molecular formula is C23H28N2O3S. The van der Waals surface area contributed by atoms with Gasteiger partial charge in [0.2, 0.25) is 0 Å². The van der Waals surface area contributed by atoms with E-state index in [1.165, 1.54) is 25.3 Å². The van der Waals surface area contributed by atoms with Gasteiger partial charge in [-0.05, 0) is 86.8 Å². The maximum absolute atomic E-state index is 13.1. The molecule has 0 aromatic heterocycles. The van der Waals surface area contributed by atoms with Crippen LogP contribution in [-0.4, -0.2) is 20.4 Å². The summed E-state index contributed by atoms with van der Waals surface area (Å²) in [6.45, 7) is 5.53. The lowest BCUT2D eigenvalue weighted by Gasteiger charge is -2.23. The Hall–Kier alpha value is -2.34. The van der Waals surface area contributed by atoms with Gasteiger partial charge in [-0.1, -0.05) is 24.6 Å². The van der Waals surface area contributed by atoms with Gasteiger partial charge in [-0.15, -0.1) is 0 Å². The normalized spacial score (nSPS) is 23.2. The van der Waals surface area contributed by atoms with E-state index in [0.29, 0.717) is 22.7 Å². The molecule has 2 aromatic rings. The molecule has 3 atom stereocenters. The number of aryl methyl sites for hydroxylation is 3. The number of rotatable bonds is 5. The van der Waals surface area contributed by atoms with Crippen molar-refractivity contribution in [1.82, 2.24) is 5.32 Å². The van der Waals surface area contributed by atoms with E-state index < -0.39 is 10.0 Å². The van der Waals surface area contributed by atoms with Gasteiger partial charge in [0.05, 0.1) is 10.6 Å². The van der Waals surface area contributed by atoms with Crippen LogP contribution >= 0.6 is 0 Å². The van der Waals surface area contributed by atoms with Crippen molar-refractivity contribution >= 4 is 21.6 Å². The standard InChI is InChI=1S/C23H28N2O3S/c1-14-4-5-15(2)20(10-14)25-29(27,28)22-13-19(8-6-16(22)3)23(26)24-21-12-17-7-9-18(21)11-17/h4-6,8,10,13,17-18,21,25H,7,9,11-12H2,1-3H3,(H,24,26)/t17-,18-,21-/m1/s1. The number of carbonyl (C=O) groups excluding carboxylic acids is 1. The molecular weight excluding hydrogens is 384 g/mol. The van der Waals surface area contributed by atoms with Crippen LogP contribution in [0.25, 0.3) is 0 Å². The molecule has 2 N–H and O–H groups in total.